The second kappa shape index (κ2) is 8.00. The number of pyridine rings is 1. The Kier molecular flexibility index (Phi) is 5.37. The summed E-state index contributed by atoms with van der Waals surface area (Å²) in [6.07, 6.45) is 1.79. The van der Waals surface area contributed by atoms with Crippen LogP contribution in [0.5, 0.6) is 0 Å². The number of benzene rings is 1. The van der Waals surface area contributed by atoms with Crippen LogP contribution in [-0.2, 0) is 9.59 Å². The lowest BCUT2D eigenvalue weighted by molar-refractivity contribution is -0.140. The smallest absolute Gasteiger partial charge is 0.295 e. The summed E-state index contributed by atoms with van der Waals surface area (Å²) in [6, 6.07) is 12.6. The Balaban J connectivity index is 1.92. The van der Waals surface area contributed by atoms with Crippen LogP contribution in [0.25, 0.3) is 11.4 Å². The number of likely N-dealkylation sites (tertiary alicyclic amines) is 1. The zero-order valence-corrected chi connectivity index (χ0v) is 18.2. The van der Waals surface area contributed by atoms with Crippen LogP contribution in [0.1, 0.15) is 28.6 Å². The number of imidazole rings is 1. The van der Waals surface area contributed by atoms with Crippen molar-refractivity contribution in [3.05, 3.63) is 76.7 Å². The Labute approximate surface area is 181 Å². The van der Waals surface area contributed by atoms with Gasteiger partial charge in [0.15, 0.2) is 5.76 Å². The summed E-state index contributed by atoms with van der Waals surface area (Å²) in [7, 11) is 3.83. The molecule has 1 atom stereocenters. The predicted molar refractivity (Wildman–Crippen MR) is 119 cm³/mol. The van der Waals surface area contributed by atoms with Crippen LogP contribution in [0.15, 0.2) is 54.2 Å². The lowest BCUT2D eigenvalue weighted by atomic mass is 9.95. The topological polar surface area (TPSA) is 78.1 Å². The minimum Gasteiger partial charge on any atom is -0.505 e. The number of carbonyl (C=O) groups is 2. The number of ketones is 1. The van der Waals surface area contributed by atoms with Gasteiger partial charge < -0.3 is 14.9 Å². The first kappa shape index (κ1) is 20.8. The molecule has 0 unspecified atom stereocenters. The third-order valence-electron chi connectivity index (χ3n) is 5.65. The van der Waals surface area contributed by atoms with Gasteiger partial charge in [0.2, 0.25) is 0 Å². The van der Waals surface area contributed by atoms with Gasteiger partial charge in [-0.2, -0.15) is 0 Å². The first-order valence-corrected chi connectivity index (χ1v) is 10.2. The zero-order chi connectivity index (χ0) is 22.3. The Bertz CT molecular complexity index is 1190. The van der Waals surface area contributed by atoms with Gasteiger partial charge in [-0.15, -0.1) is 0 Å². The zero-order valence-electron chi connectivity index (χ0n) is 18.2. The third kappa shape index (κ3) is 3.61. The molecule has 1 fully saturated rings. The van der Waals surface area contributed by atoms with Crippen molar-refractivity contribution in [3.8, 4) is 0 Å². The molecule has 7 heteroatoms. The highest BCUT2D eigenvalue weighted by Crippen LogP contribution is 2.39. The molecule has 0 saturated carbocycles. The molecule has 1 amide bonds. The molecule has 1 saturated heterocycles. The number of aryl methyl sites for hydroxylation is 2. The maximum atomic E-state index is 13.1. The minimum atomic E-state index is -0.674. The summed E-state index contributed by atoms with van der Waals surface area (Å²) >= 11 is 0. The van der Waals surface area contributed by atoms with Gasteiger partial charge in [0.1, 0.15) is 11.3 Å². The van der Waals surface area contributed by atoms with Gasteiger partial charge in [-0.05, 0) is 45.6 Å². The van der Waals surface area contributed by atoms with Crippen molar-refractivity contribution < 1.29 is 14.7 Å². The average Bonchev–Trinajstić information content (AvgIpc) is 3.20. The van der Waals surface area contributed by atoms with Crippen molar-refractivity contribution in [2.45, 2.75) is 19.9 Å². The van der Waals surface area contributed by atoms with E-state index in [-0.39, 0.29) is 11.3 Å². The van der Waals surface area contributed by atoms with Crippen molar-refractivity contribution in [3.63, 3.8) is 0 Å². The van der Waals surface area contributed by atoms with Crippen molar-refractivity contribution in [1.29, 1.82) is 0 Å². The maximum absolute atomic E-state index is 13.1. The Morgan fingerprint density at radius 1 is 1.10 bits per heavy atom. The first-order chi connectivity index (χ1) is 14.8. The molecule has 2 aromatic heterocycles. The van der Waals surface area contributed by atoms with Gasteiger partial charge in [0, 0.05) is 19.3 Å². The number of fused-ring (bicyclic) bond motifs is 1. The van der Waals surface area contributed by atoms with E-state index in [1.807, 2.05) is 68.4 Å². The van der Waals surface area contributed by atoms with Crippen LogP contribution < -0.4 is 0 Å². The van der Waals surface area contributed by atoms with E-state index in [2.05, 4.69) is 4.98 Å². The standard InChI is InChI=1S/C24H26N4O3/c1-15-8-10-17(11-9-15)21-19(23(30)24(31)28(21)14-13-26(3)4)22(29)20-16(2)25-18-7-5-6-12-27(18)20/h5-12,21,29H,13-14H2,1-4H3/t21-/m0/s1. The van der Waals surface area contributed by atoms with Gasteiger partial charge in [0.05, 0.1) is 17.3 Å². The molecular weight excluding hydrogens is 392 g/mol. The lowest BCUT2D eigenvalue weighted by Gasteiger charge is -2.26. The Hall–Kier alpha value is -3.45. The summed E-state index contributed by atoms with van der Waals surface area (Å²) in [6.45, 7) is 4.74. The molecule has 0 bridgehead atoms. The summed E-state index contributed by atoms with van der Waals surface area (Å²) in [4.78, 5) is 34.1. The number of hydrogen-bond acceptors (Lipinski definition) is 5. The van der Waals surface area contributed by atoms with E-state index >= 15 is 0 Å². The molecular formula is C24H26N4O3. The van der Waals surface area contributed by atoms with Crippen LogP contribution in [0, 0.1) is 13.8 Å². The van der Waals surface area contributed by atoms with Crippen molar-refractivity contribution >= 4 is 23.1 Å². The maximum Gasteiger partial charge on any atom is 0.295 e. The number of rotatable bonds is 5. The summed E-state index contributed by atoms with van der Waals surface area (Å²) in [5.74, 6) is -1.47. The molecule has 1 aromatic carbocycles. The second-order valence-electron chi connectivity index (χ2n) is 8.18. The molecule has 31 heavy (non-hydrogen) atoms. The molecule has 3 heterocycles. The van der Waals surface area contributed by atoms with Gasteiger partial charge in [-0.25, -0.2) is 4.98 Å². The van der Waals surface area contributed by atoms with E-state index in [9.17, 15) is 14.7 Å². The number of aliphatic hydroxyl groups excluding tert-OH is 1. The van der Waals surface area contributed by atoms with Gasteiger partial charge in [0.25, 0.3) is 11.7 Å². The second-order valence-corrected chi connectivity index (χ2v) is 8.18. The molecule has 1 N–H and O–H groups in total. The van der Waals surface area contributed by atoms with Crippen LogP contribution in [0.3, 0.4) is 0 Å². The van der Waals surface area contributed by atoms with Crippen LogP contribution in [-0.4, -0.2) is 63.2 Å². The van der Waals surface area contributed by atoms with Crippen LogP contribution in [0.4, 0.5) is 0 Å². The number of aliphatic hydroxyl groups is 1. The number of hydrogen-bond donors (Lipinski definition) is 1. The molecule has 0 radical (unpaired) electrons. The summed E-state index contributed by atoms with van der Waals surface area (Å²) in [5, 5.41) is 11.4. The number of Topliss-reactive ketones (excluding diaryl/α,β-unsaturated/α-hetero) is 1. The number of likely N-dealkylation sites (N-methyl/N-ethyl adjacent to an activating group) is 1. The monoisotopic (exact) mass is 418 g/mol. The van der Waals surface area contributed by atoms with E-state index in [4.69, 9.17) is 0 Å². The Morgan fingerprint density at radius 2 is 1.81 bits per heavy atom. The van der Waals surface area contributed by atoms with Crippen molar-refractivity contribution in [2.75, 3.05) is 27.2 Å². The average molecular weight is 418 g/mol. The van der Waals surface area contributed by atoms with E-state index in [1.54, 1.807) is 22.4 Å². The van der Waals surface area contributed by atoms with Crippen LogP contribution >= 0.6 is 0 Å². The normalized spacial score (nSPS) is 18.5. The summed E-state index contributed by atoms with van der Waals surface area (Å²) in [5.41, 5.74) is 3.64. The molecule has 7 nitrogen and oxygen atoms in total. The third-order valence-corrected chi connectivity index (χ3v) is 5.65. The van der Waals surface area contributed by atoms with Gasteiger partial charge in [-0.1, -0.05) is 35.9 Å². The highest BCUT2D eigenvalue weighted by molar-refractivity contribution is 6.46. The number of amides is 1. The molecule has 3 aromatic rings. The predicted octanol–water partition coefficient (Wildman–Crippen LogP) is 2.93. The highest BCUT2D eigenvalue weighted by Gasteiger charge is 2.46. The highest BCUT2D eigenvalue weighted by atomic mass is 16.3. The summed E-state index contributed by atoms with van der Waals surface area (Å²) < 4.78 is 1.74. The fourth-order valence-electron chi connectivity index (χ4n) is 4.04. The van der Waals surface area contributed by atoms with E-state index in [1.165, 1.54) is 0 Å². The minimum absolute atomic E-state index is 0.0985. The molecule has 1 aliphatic heterocycles. The largest absolute Gasteiger partial charge is 0.505 e. The van der Waals surface area contributed by atoms with Crippen molar-refractivity contribution in [1.82, 2.24) is 19.2 Å². The molecule has 1 aliphatic rings. The number of aromatic nitrogens is 2. The SMILES string of the molecule is Cc1ccc([C@H]2C(=C(O)c3c(C)nc4ccccn34)C(=O)C(=O)N2CCN(C)C)cc1. The van der Waals surface area contributed by atoms with Gasteiger partial charge >= 0.3 is 0 Å². The van der Waals surface area contributed by atoms with E-state index in [0.29, 0.717) is 30.1 Å². The number of carbonyl (C=O) groups excluding carboxylic acids is 2. The quantitative estimate of drug-likeness (QED) is 0.392. The van der Waals surface area contributed by atoms with Crippen molar-refractivity contribution in [2.24, 2.45) is 0 Å². The number of nitrogens with zero attached hydrogens (tertiary/aromatic N) is 4. The van der Waals surface area contributed by atoms with Gasteiger partial charge in [-0.3, -0.25) is 14.0 Å². The van der Waals surface area contributed by atoms with E-state index in [0.717, 1.165) is 11.1 Å². The van der Waals surface area contributed by atoms with Crippen LogP contribution in [0.2, 0.25) is 0 Å². The first-order valence-electron chi connectivity index (χ1n) is 10.2. The fraction of sp³-hybridized carbons (Fsp3) is 0.292. The molecule has 0 aliphatic carbocycles. The van der Waals surface area contributed by atoms with E-state index < -0.39 is 17.7 Å². The Morgan fingerprint density at radius 3 is 2.48 bits per heavy atom. The molecule has 0 spiro atoms. The fourth-order valence-corrected chi connectivity index (χ4v) is 4.04. The molecule has 160 valence electrons. The lowest BCUT2D eigenvalue weighted by Crippen LogP contribution is -2.35. The molecule has 4 rings (SSSR count).